The second-order valence-electron chi connectivity index (χ2n) is 5.59. The summed E-state index contributed by atoms with van der Waals surface area (Å²) in [5.74, 6) is 0.789. The predicted octanol–water partition coefficient (Wildman–Crippen LogP) is 3.93. The van der Waals surface area contributed by atoms with Crippen LogP contribution in [0.4, 0.5) is 13.2 Å². The maximum atomic E-state index is 12.2. The number of nitrogens with zero attached hydrogens (tertiary/aromatic N) is 2. The van der Waals surface area contributed by atoms with Crippen molar-refractivity contribution in [2.75, 3.05) is 13.2 Å². The zero-order valence-corrected chi connectivity index (χ0v) is 15.4. The molecule has 2 rings (SSSR count). The minimum absolute atomic E-state index is 0.173. The lowest BCUT2D eigenvalue weighted by molar-refractivity contribution is -0.153. The summed E-state index contributed by atoms with van der Waals surface area (Å²) in [6.45, 7) is 2.23. The molecular weight excluding hydrogens is 381 g/mol. The lowest BCUT2D eigenvalue weighted by atomic mass is 10.2. The van der Waals surface area contributed by atoms with Gasteiger partial charge in [0.2, 0.25) is 0 Å². The molecule has 0 saturated heterocycles. The van der Waals surface area contributed by atoms with Gasteiger partial charge < -0.3 is 15.4 Å². The molecule has 0 saturated carbocycles. The van der Waals surface area contributed by atoms with E-state index in [0.29, 0.717) is 30.7 Å². The topological polar surface area (TPSA) is 58.5 Å². The molecule has 9 heteroatoms. The summed E-state index contributed by atoms with van der Waals surface area (Å²) in [5.41, 5.74) is 1.80. The number of aliphatic imine (C=N–C) groups is 1. The first-order valence-electron chi connectivity index (χ1n) is 8.27. The molecule has 0 unspecified atom stereocenters. The highest BCUT2D eigenvalue weighted by Gasteiger charge is 2.28. The molecule has 27 heavy (non-hydrogen) atoms. The highest BCUT2D eigenvalue weighted by atomic mass is 35.5. The molecule has 0 aliphatic rings. The average molecular weight is 401 g/mol. The molecule has 0 bridgehead atoms. The molecule has 0 atom stereocenters. The van der Waals surface area contributed by atoms with Crippen LogP contribution in [0.15, 0.2) is 47.6 Å². The molecule has 2 N–H and O–H groups in total. The Labute approximate surface area is 160 Å². The Morgan fingerprint density at radius 1 is 1.11 bits per heavy atom. The number of ether oxygens (including phenoxy) is 1. The van der Waals surface area contributed by atoms with Crippen molar-refractivity contribution in [1.82, 2.24) is 15.6 Å². The molecule has 146 valence electrons. The van der Waals surface area contributed by atoms with Gasteiger partial charge in [-0.3, -0.25) is 0 Å². The van der Waals surface area contributed by atoms with Gasteiger partial charge in [-0.15, -0.1) is 0 Å². The quantitative estimate of drug-likeness (QED) is 0.420. The number of hydrogen-bond acceptors (Lipinski definition) is 3. The Morgan fingerprint density at radius 3 is 2.41 bits per heavy atom. The second-order valence-corrected chi connectivity index (χ2v) is 5.97. The fraction of sp³-hybridized carbons (Fsp3) is 0.333. The molecule has 1 aromatic heterocycles. The Kier molecular flexibility index (Phi) is 7.72. The van der Waals surface area contributed by atoms with Crippen LogP contribution in [0.5, 0.6) is 5.75 Å². The summed E-state index contributed by atoms with van der Waals surface area (Å²) in [4.78, 5) is 8.47. The first-order valence-corrected chi connectivity index (χ1v) is 8.64. The first-order chi connectivity index (χ1) is 12.9. The molecule has 0 fully saturated rings. The number of aromatic nitrogens is 1. The van der Waals surface area contributed by atoms with Crippen molar-refractivity contribution in [3.8, 4) is 5.75 Å². The number of benzene rings is 1. The molecular formula is C18H20ClF3N4O. The van der Waals surface area contributed by atoms with Crippen molar-refractivity contribution >= 4 is 17.6 Å². The van der Waals surface area contributed by atoms with E-state index in [0.717, 1.165) is 11.1 Å². The Bertz CT molecular complexity index is 734. The zero-order valence-electron chi connectivity index (χ0n) is 14.7. The number of guanidine groups is 1. The van der Waals surface area contributed by atoms with Crippen molar-refractivity contribution in [3.05, 3.63) is 58.9 Å². The number of pyridine rings is 1. The Hall–Kier alpha value is -2.48. The van der Waals surface area contributed by atoms with E-state index in [9.17, 15) is 13.2 Å². The minimum Gasteiger partial charge on any atom is -0.484 e. The molecule has 0 radical (unpaired) electrons. The van der Waals surface area contributed by atoms with Gasteiger partial charge in [-0.05, 0) is 36.2 Å². The molecule has 5 nitrogen and oxygen atoms in total. The summed E-state index contributed by atoms with van der Waals surface area (Å²) in [6.07, 6.45) is -2.69. The van der Waals surface area contributed by atoms with E-state index < -0.39 is 12.8 Å². The third-order valence-corrected chi connectivity index (χ3v) is 3.56. The number of alkyl halides is 3. The molecule has 0 aliphatic heterocycles. The van der Waals surface area contributed by atoms with E-state index in [-0.39, 0.29) is 5.75 Å². The van der Waals surface area contributed by atoms with Gasteiger partial charge in [0.1, 0.15) is 10.9 Å². The first kappa shape index (κ1) is 20.8. The summed E-state index contributed by atoms with van der Waals surface area (Å²) >= 11 is 5.76. The van der Waals surface area contributed by atoms with Crippen molar-refractivity contribution in [2.45, 2.75) is 26.2 Å². The maximum absolute atomic E-state index is 12.2. The van der Waals surface area contributed by atoms with Crippen LogP contribution in [0.25, 0.3) is 0 Å². The third kappa shape index (κ3) is 8.17. The second kappa shape index (κ2) is 10.0. The van der Waals surface area contributed by atoms with Crippen LogP contribution in [0.2, 0.25) is 5.15 Å². The third-order valence-electron chi connectivity index (χ3n) is 3.34. The smallest absolute Gasteiger partial charge is 0.422 e. The maximum Gasteiger partial charge on any atom is 0.422 e. The molecule has 0 aliphatic carbocycles. The van der Waals surface area contributed by atoms with Crippen LogP contribution in [-0.4, -0.2) is 30.3 Å². The van der Waals surface area contributed by atoms with Crippen LogP contribution in [0.1, 0.15) is 18.1 Å². The molecule has 1 aromatic carbocycles. The van der Waals surface area contributed by atoms with Gasteiger partial charge in [-0.25, -0.2) is 9.98 Å². The zero-order chi connectivity index (χ0) is 19.7. The summed E-state index contributed by atoms with van der Waals surface area (Å²) in [6, 6.07) is 9.96. The normalized spacial score (nSPS) is 12.0. The highest BCUT2D eigenvalue weighted by molar-refractivity contribution is 6.29. The van der Waals surface area contributed by atoms with E-state index in [2.05, 4.69) is 25.3 Å². The van der Waals surface area contributed by atoms with Crippen molar-refractivity contribution in [2.24, 2.45) is 4.99 Å². The fourth-order valence-corrected chi connectivity index (χ4v) is 2.18. The van der Waals surface area contributed by atoms with Gasteiger partial charge in [-0.1, -0.05) is 29.8 Å². The molecule has 2 aromatic rings. The fourth-order valence-electron chi connectivity index (χ4n) is 2.07. The SMILES string of the molecule is CCNC(=NCc1ccc(Cl)nc1)NCc1ccc(OCC(F)(F)F)cc1. The van der Waals surface area contributed by atoms with E-state index in [4.69, 9.17) is 11.6 Å². The summed E-state index contributed by atoms with van der Waals surface area (Å²) in [7, 11) is 0. The van der Waals surface area contributed by atoms with Crippen molar-refractivity contribution < 1.29 is 17.9 Å². The average Bonchev–Trinajstić information content (AvgIpc) is 2.64. The number of nitrogens with one attached hydrogen (secondary N) is 2. The lowest BCUT2D eigenvalue weighted by Crippen LogP contribution is -2.36. The minimum atomic E-state index is -4.35. The molecule has 0 amide bonds. The van der Waals surface area contributed by atoms with Gasteiger partial charge in [0.25, 0.3) is 0 Å². The van der Waals surface area contributed by atoms with E-state index >= 15 is 0 Å². The van der Waals surface area contributed by atoms with Gasteiger partial charge in [0, 0.05) is 19.3 Å². The number of rotatable bonds is 7. The van der Waals surface area contributed by atoms with Crippen molar-refractivity contribution in [3.63, 3.8) is 0 Å². The van der Waals surface area contributed by atoms with Crippen LogP contribution in [0, 0.1) is 0 Å². The molecule has 1 heterocycles. The summed E-state index contributed by atoms with van der Waals surface area (Å²) < 4.78 is 41.1. The van der Waals surface area contributed by atoms with E-state index in [1.165, 1.54) is 12.1 Å². The number of halogens is 4. The largest absolute Gasteiger partial charge is 0.484 e. The van der Waals surface area contributed by atoms with E-state index in [1.54, 1.807) is 24.4 Å². The van der Waals surface area contributed by atoms with Gasteiger partial charge in [0.15, 0.2) is 12.6 Å². The van der Waals surface area contributed by atoms with Gasteiger partial charge in [0.05, 0.1) is 6.54 Å². The molecule has 0 spiro atoms. The van der Waals surface area contributed by atoms with Crippen LogP contribution in [-0.2, 0) is 13.1 Å². The van der Waals surface area contributed by atoms with Crippen LogP contribution < -0.4 is 15.4 Å². The van der Waals surface area contributed by atoms with Crippen LogP contribution in [0.3, 0.4) is 0 Å². The standard InChI is InChI=1S/C18H20ClF3N4O/c1-2-23-17(26-11-14-5-8-16(19)24-10-14)25-9-13-3-6-15(7-4-13)27-12-18(20,21)22/h3-8,10H,2,9,11-12H2,1H3,(H2,23,25,26). The van der Waals surface area contributed by atoms with Crippen LogP contribution >= 0.6 is 11.6 Å². The Balaban J connectivity index is 1.89. The summed E-state index contributed by atoms with van der Waals surface area (Å²) in [5, 5.41) is 6.72. The predicted molar refractivity (Wildman–Crippen MR) is 98.9 cm³/mol. The Morgan fingerprint density at radius 2 is 1.81 bits per heavy atom. The lowest BCUT2D eigenvalue weighted by Gasteiger charge is -2.12. The van der Waals surface area contributed by atoms with Gasteiger partial charge >= 0.3 is 6.18 Å². The highest BCUT2D eigenvalue weighted by Crippen LogP contribution is 2.18. The number of hydrogen-bond donors (Lipinski definition) is 2. The van der Waals surface area contributed by atoms with Crippen molar-refractivity contribution in [1.29, 1.82) is 0 Å². The van der Waals surface area contributed by atoms with E-state index in [1.807, 2.05) is 13.0 Å². The van der Waals surface area contributed by atoms with Gasteiger partial charge in [-0.2, -0.15) is 13.2 Å². The monoisotopic (exact) mass is 400 g/mol.